The third-order valence-corrected chi connectivity index (χ3v) is 3.33. The molecule has 2 N–H and O–H groups in total. The highest BCUT2D eigenvalue weighted by atomic mass is 35.5. The highest BCUT2D eigenvalue weighted by Crippen LogP contribution is 2.32. The molecule has 2 aromatic rings. The molecule has 90 valence electrons. The summed E-state index contributed by atoms with van der Waals surface area (Å²) in [4.78, 5) is 12.4. The summed E-state index contributed by atoms with van der Waals surface area (Å²) in [6, 6.07) is 3.77. The lowest BCUT2D eigenvalue weighted by Crippen LogP contribution is -1.96. The van der Waals surface area contributed by atoms with Crippen LogP contribution < -0.4 is 5.73 Å². The van der Waals surface area contributed by atoms with Gasteiger partial charge in [-0.2, -0.15) is 0 Å². The van der Waals surface area contributed by atoms with Crippen LogP contribution in [0.25, 0.3) is 11.3 Å². The Hall–Kier alpha value is -1.65. The lowest BCUT2D eigenvalue weighted by molar-refractivity contribution is 1.11. The summed E-state index contributed by atoms with van der Waals surface area (Å²) in [6.45, 7) is 0.621. The van der Waals surface area contributed by atoms with E-state index in [0.717, 1.165) is 16.7 Å². The van der Waals surface area contributed by atoms with E-state index < -0.39 is 0 Å². The van der Waals surface area contributed by atoms with E-state index in [1.807, 2.05) is 12.1 Å². The lowest BCUT2D eigenvalue weighted by Gasteiger charge is -2.07. The number of nitrogens with zero attached hydrogens (tertiary/aromatic N) is 3. The number of halogens is 2. The van der Waals surface area contributed by atoms with E-state index >= 15 is 0 Å². The summed E-state index contributed by atoms with van der Waals surface area (Å²) < 4.78 is 0. The number of fused-ring (bicyclic) bond motifs is 1. The molecule has 4 nitrogen and oxygen atoms in total. The molecule has 3 rings (SSSR count). The van der Waals surface area contributed by atoms with Gasteiger partial charge < -0.3 is 5.73 Å². The third-order valence-electron chi connectivity index (χ3n) is 2.73. The lowest BCUT2D eigenvalue weighted by atomic mass is 10.0. The molecule has 0 unspecified atom stereocenters. The average molecular weight is 279 g/mol. The van der Waals surface area contributed by atoms with Gasteiger partial charge in [0.15, 0.2) is 5.15 Å². The zero-order valence-corrected chi connectivity index (χ0v) is 10.7. The maximum atomic E-state index is 6.21. The molecule has 0 atom stereocenters. The third kappa shape index (κ3) is 1.83. The average Bonchev–Trinajstić information content (AvgIpc) is 2.77. The number of benzene rings is 1. The van der Waals surface area contributed by atoms with Crippen LogP contribution in [0.3, 0.4) is 0 Å². The highest BCUT2D eigenvalue weighted by Gasteiger charge is 2.15. The van der Waals surface area contributed by atoms with Crippen molar-refractivity contribution in [3.8, 4) is 11.3 Å². The number of aromatic nitrogens is 2. The summed E-state index contributed by atoms with van der Waals surface area (Å²) in [6.07, 6.45) is 3.26. The Kier molecular flexibility index (Phi) is 2.69. The minimum atomic E-state index is 0.265. The van der Waals surface area contributed by atoms with Gasteiger partial charge in [0.1, 0.15) is 11.5 Å². The predicted molar refractivity (Wildman–Crippen MR) is 73.2 cm³/mol. The highest BCUT2D eigenvalue weighted by molar-refractivity contribution is 6.33. The molecule has 1 aromatic carbocycles. The second-order valence-electron chi connectivity index (χ2n) is 3.93. The van der Waals surface area contributed by atoms with E-state index in [2.05, 4.69) is 15.0 Å². The number of nitrogens with two attached hydrogens (primary N) is 1. The molecule has 0 fully saturated rings. The standard InChI is InChI=1S/C12H8Cl2N4/c13-9-2-6(1-7-3-16-4-8(7)9)11-12(14)18-10(15)5-17-11/h1-3,5H,4H2,(H2,15,18). The van der Waals surface area contributed by atoms with E-state index in [1.54, 1.807) is 6.21 Å². The van der Waals surface area contributed by atoms with E-state index in [9.17, 15) is 0 Å². The molecule has 0 saturated carbocycles. The Morgan fingerprint density at radius 1 is 1.22 bits per heavy atom. The van der Waals surface area contributed by atoms with Gasteiger partial charge in [-0.05, 0) is 17.7 Å². The number of rotatable bonds is 1. The number of hydrogen-bond donors (Lipinski definition) is 1. The minimum absolute atomic E-state index is 0.265. The summed E-state index contributed by atoms with van der Waals surface area (Å²) in [5, 5.41) is 0.927. The van der Waals surface area contributed by atoms with Gasteiger partial charge in [0.2, 0.25) is 0 Å². The first-order valence-corrected chi connectivity index (χ1v) is 6.01. The monoisotopic (exact) mass is 278 g/mol. The fourth-order valence-electron chi connectivity index (χ4n) is 1.88. The van der Waals surface area contributed by atoms with Gasteiger partial charge in [-0.15, -0.1) is 0 Å². The zero-order valence-electron chi connectivity index (χ0n) is 9.19. The van der Waals surface area contributed by atoms with Crippen molar-refractivity contribution in [3.63, 3.8) is 0 Å². The maximum absolute atomic E-state index is 6.21. The normalized spacial score (nSPS) is 12.8. The van der Waals surface area contributed by atoms with Crippen molar-refractivity contribution in [3.05, 3.63) is 39.6 Å². The Labute approximate surface area is 113 Å². The van der Waals surface area contributed by atoms with Crippen LogP contribution in [0.15, 0.2) is 23.3 Å². The van der Waals surface area contributed by atoms with Crippen LogP contribution >= 0.6 is 23.2 Å². The van der Waals surface area contributed by atoms with E-state index in [1.165, 1.54) is 6.20 Å². The Morgan fingerprint density at radius 3 is 2.83 bits per heavy atom. The Balaban J connectivity index is 2.17. The molecule has 2 heterocycles. The van der Waals surface area contributed by atoms with Crippen molar-refractivity contribution in [2.75, 3.05) is 5.73 Å². The molecule has 0 saturated heterocycles. The summed E-state index contributed by atoms with van der Waals surface area (Å²) in [5.74, 6) is 0.289. The molecule has 1 aliphatic rings. The summed E-state index contributed by atoms with van der Waals surface area (Å²) in [7, 11) is 0. The molecule has 18 heavy (non-hydrogen) atoms. The summed E-state index contributed by atoms with van der Waals surface area (Å²) >= 11 is 12.2. The van der Waals surface area contributed by atoms with Crippen LogP contribution in [-0.4, -0.2) is 16.2 Å². The van der Waals surface area contributed by atoms with Crippen LogP contribution in [0.2, 0.25) is 10.2 Å². The van der Waals surface area contributed by atoms with Gasteiger partial charge in [0.05, 0.1) is 12.7 Å². The van der Waals surface area contributed by atoms with E-state index in [-0.39, 0.29) is 11.0 Å². The quantitative estimate of drug-likeness (QED) is 0.872. The van der Waals surface area contributed by atoms with Gasteiger partial charge in [-0.25, -0.2) is 9.97 Å². The second-order valence-corrected chi connectivity index (χ2v) is 4.70. The molecular formula is C12H8Cl2N4. The molecular weight excluding hydrogens is 271 g/mol. The number of nitrogen functional groups attached to an aromatic ring is 1. The van der Waals surface area contributed by atoms with Crippen molar-refractivity contribution >= 4 is 35.2 Å². The van der Waals surface area contributed by atoms with Gasteiger partial charge in [-0.3, -0.25) is 4.99 Å². The molecule has 0 spiro atoms. The van der Waals surface area contributed by atoms with Gasteiger partial charge in [0.25, 0.3) is 0 Å². The van der Waals surface area contributed by atoms with E-state index in [0.29, 0.717) is 17.3 Å². The van der Waals surface area contributed by atoms with Crippen molar-refractivity contribution in [1.29, 1.82) is 0 Å². The van der Waals surface area contributed by atoms with Crippen LogP contribution in [0.4, 0.5) is 5.82 Å². The predicted octanol–water partition coefficient (Wildman–Crippen LogP) is 2.97. The first-order valence-electron chi connectivity index (χ1n) is 5.26. The molecule has 1 aromatic heterocycles. The zero-order chi connectivity index (χ0) is 12.7. The van der Waals surface area contributed by atoms with E-state index in [4.69, 9.17) is 28.9 Å². The van der Waals surface area contributed by atoms with Gasteiger partial charge in [0, 0.05) is 22.4 Å². The minimum Gasteiger partial charge on any atom is -0.382 e. The molecule has 0 bridgehead atoms. The molecule has 0 radical (unpaired) electrons. The fourth-order valence-corrected chi connectivity index (χ4v) is 2.43. The molecule has 0 aliphatic carbocycles. The van der Waals surface area contributed by atoms with Crippen LogP contribution in [-0.2, 0) is 6.54 Å². The largest absolute Gasteiger partial charge is 0.382 e. The van der Waals surface area contributed by atoms with Crippen LogP contribution in [0.1, 0.15) is 11.1 Å². The fraction of sp³-hybridized carbons (Fsp3) is 0.0833. The van der Waals surface area contributed by atoms with Gasteiger partial charge >= 0.3 is 0 Å². The Bertz CT molecular complexity index is 667. The first-order chi connectivity index (χ1) is 8.65. The van der Waals surface area contributed by atoms with Crippen LogP contribution in [0, 0.1) is 0 Å². The maximum Gasteiger partial charge on any atom is 0.157 e. The van der Waals surface area contributed by atoms with Gasteiger partial charge in [-0.1, -0.05) is 23.2 Å². The number of aliphatic imine (C=N–C) groups is 1. The topological polar surface area (TPSA) is 64.2 Å². The number of anilines is 1. The summed E-state index contributed by atoms with van der Waals surface area (Å²) in [5.41, 5.74) is 8.92. The smallest absolute Gasteiger partial charge is 0.157 e. The molecule has 6 heteroatoms. The first kappa shape index (κ1) is 11.4. The number of hydrogen-bond acceptors (Lipinski definition) is 4. The van der Waals surface area contributed by atoms with Crippen molar-refractivity contribution in [2.45, 2.75) is 6.54 Å². The van der Waals surface area contributed by atoms with Crippen LogP contribution in [0.5, 0.6) is 0 Å². The SMILES string of the molecule is Nc1cnc(-c2cc(Cl)c3c(c2)C=NC3)c(Cl)n1. The van der Waals surface area contributed by atoms with Crippen molar-refractivity contribution in [1.82, 2.24) is 9.97 Å². The Morgan fingerprint density at radius 2 is 2.06 bits per heavy atom. The van der Waals surface area contributed by atoms with Crippen molar-refractivity contribution < 1.29 is 0 Å². The van der Waals surface area contributed by atoms with Crippen molar-refractivity contribution in [2.24, 2.45) is 4.99 Å². The second kappa shape index (κ2) is 4.23. The molecule has 1 aliphatic heterocycles. The molecule has 0 amide bonds.